The normalized spacial score (nSPS) is 14.1. The first-order chi connectivity index (χ1) is 12.7. The molecule has 7 nitrogen and oxygen atoms in total. The third-order valence-corrected chi connectivity index (χ3v) is 4.98. The van der Waals surface area contributed by atoms with Crippen LogP contribution >= 0.6 is 11.3 Å². The number of carbonyl (C=O) groups excluding carboxylic acids is 2. The van der Waals surface area contributed by atoms with Crippen molar-refractivity contribution >= 4 is 23.2 Å². The van der Waals surface area contributed by atoms with E-state index in [1.165, 1.54) is 22.4 Å². The Morgan fingerprint density at radius 3 is 2.62 bits per heavy atom. The lowest BCUT2D eigenvalue weighted by Crippen LogP contribution is -2.30. The number of aromatic nitrogens is 3. The molecule has 1 aliphatic rings. The predicted octanol–water partition coefficient (Wildman–Crippen LogP) is 2.04. The van der Waals surface area contributed by atoms with Gasteiger partial charge in [0.25, 0.3) is 5.91 Å². The molecule has 0 radical (unpaired) electrons. The largest absolute Gasteiger partial charge is 0.319 e. The second kappa shape index (κ2) is 7.01. The topological polar surface area (TPSA) is 79.3 Å². The first-order valence-corrected chi connectivity index (χ1v) is 8.86. The van der Waals surface area contributed by atoms with Crippen LogP contribution in [0, 0.1) is 0 Å². The first kappa shape index (κ1) is 16.3. The SMILES string of the molecule is O=C1CN(C(=O)c2cnc(-c3ncccn3)s2)CN1Cc1ccccc1. The van der Waals surface area contributed by atoms with Crippen molar-refractivity contribution < 1.29 is 9.59 Å². The summed E-state index contributed by atoms with van der Waals surface area (Å²) in [6.07, 6.45) is 4.78. The van der Waals surface area contributed by atoms with Gasteiger partial charge < -0.3 is 9.80 Å². The van der Waals surface area contributed by atoms with Gasteiger partial charge in [-0.05, 0) is 11.6 Å². The van der Waals surface area contributed by atoms with Crippen LogP contribution in [-0.2, 0) is 11.3 Å². The van der Waals surface area contributed by atoms with Gasteiger partial charge in [-0.15, -0.1) is 11.3 Å². The van der Waals surface area contributed by atoms with Crippen molar-refractivity contribution in [3.63, 3.8) is 0 Å². The van der Waals surface area contributed by atoms with E-state index >= 15 is 0 Å². The number of hydrogen-bond acceptors (Lipinski definition) is 6. The van der Waals surface area contributed by atoms with Crippen LogP contribution in [0.15, 0.2) is 55.0 Å². The quantitative estimate of drug-likeness (QED) is 0.707. The Morgan fingerprint density at radius 2 is 1.85 bits per heavy atom. The minimum Gasteiger partial charge on any atom is -0.319 e. The van der Waals surface area contributed by atoms with E-state index in [9.17, 15) is 9.59 Å². The van der Waals surface area contributed by atoms with Crippen molar-refractivity contribution in [2.75, 3.05) is 13.2 Å². The van der Waals surface area contributed by atoms with Crippen LogP contribution in [0.5, 0.6) is 0 Å². The summed E-state index contributed by atoms with van der Waals surface area (Å²) in [5.74, 6) is 0.228. The highest BCUT2D eigenvalue weighted by molar-refractivity contribution is 7.16. The van der Waals surface area contributed by atoms with E-state index < -0.39 is 0 Å². The average Bonchev–Trinajstić information content (AvgIpc) is 3.31. The van der Waals surface area contributed by atoms with E-state index in [-0.39, 0.29) is 25.0 Å². The zero-order valence-electron chi connectivity index (χ0n) is 13.8. The molecule has 0 unspecified atom stereocenters. The number of carbonyl (C=O) groups is 2. The maximum absolute atomic E-state index is 12.7. The van der Waals surface area contributed by atoms with E-state index in [1.807, 2.05) is 30.3 Å². The summed E-state index contributed by atoms with van der Waals surface area (Å²) in [7, 11) is 0. The molecule has 0 bridgehead atoms. The summed E-state index contributed by atoms with van der Waals surface area (Å²) in [4.78, 5) is 41.2. The summed E-state index contributed by atoms with van der Waals surface area (Å²) >= 11 is 1.23. The van der Waals surface area contributed by atoms with E-state index in [2.05, 4.69) is 15.0 Å². The van der Waals surface area contributed by atoms with Crippen molar-refractivity contribution in [2.45, 2.75) is 6.54 Å². The second-order valence-electron chi connectivity index (χ2n) is 5.82. The summed E-state index contributed by atoms with van der Waals surface area (Å²) in [5.41, 5.74) is 1.04. The number of rotatable bonds is 4. The molecule has 26 heavy (non-hydrogen) atoms. The molecular formula is C18H15N5O2S. The van der Waals surface area contributed by atoms with E-state index in [0.717, 1.165) is 5.56 Å². The molecule has 130 valence electrons. The third-order valence-electron chi connectivity index (χ3n) is 4.00. The lowest BCUT2D eigenvalue weighted by molar-refractivity contribution is -0.127. The molecule has 3 aromatic rings. The molecule has 1 aromatic carbocycles. The van der Waals surface area contributed by atoms with Crippen LogP contribution in [-0.4, -0.2) is 49.8 Å². The zero-order chi connectivity index (χ0) is 17.9. The fourth-order valence-electron chi connectivity index (χ4n) is 2.72. The van der Waals surface area contributed by atoms with Crippen molar-refractivity contribution in [1.82, 2.24) is 24.8 Å². The second-order valence-corrected chi connectivity index (χ2v) is 6.85. The monoisotopic (exact) mass is 365 g/mol. The van der Waals surface area contributed by atoms with Gasteiger partial charge in [-0.1, -0.05) is 30.3 Å². The molecule has 1 aliphatic heterocycles. The average molecular weight is 365 g/mol. The molecule has 0 saturated carbocycles. The van der Waals surface area contributed by atoms with Crippen LogP contribution in [0.25, 0.3) is 10.8 Å². The number of nitrogens with zero attached hydrogens (tertiary/aromatic N) is 5. The Kier molecular flexibility index (Phi) is 4.40. The van der Waals surface area contributed by atoms with Gasteiger partial charge in [-0.25, -0.2) is 15.0 Å². The lowest BCUT2D eigenvalue weighted by Gasteiger charge is -2.17. The van der Waals surface area contributed by atoms with E-state index in [4.69, 9.17) is 0 Å². The van der Waals surface area contributed by atoms with E-state index in [1.54, 1.807) is 23.4 Å². The summed E-state index contributed by atoms with van der Waals surface area (Å²) in [6, 6.07) is 11.5. The highest BCUT2D eigenvalue weighted by Crippen LogP contribution is 2.24. The first-order valence-electron chi connectivity index (χ1n) is 8.05. The van der Waals surface area contributed by atoms with Gasteiger partial charge in [-0.3, -0.25) is 9.59 Å². The molecule has 1 saturated heterocycles. The molecule has 0 N–H and O–H groups in total. The van der Waals surface area contributed by atoms with Crippen LogP contribution in [0.1, 0.15) is 15.2 Å². The Hall–Kier alpha value is -3.13. The Labute approximate surface area is 154 Å². The van der Waals surface area contributed by atoms with Gasteiger partial charge in [0.05, 0.1) is 12.9 Å². The number of benzene rings is 1. The molecule has 2 amide bonds. The maximum Gasteiger partial charge on any atom is 0.267 e. The summed E-state index contributed by atoms with van der Waals surface area (Å²) in [5, 5.41) is 0.584. The van der Waals surface area contributed by atoms with Crippen LogP contribution in [0.3, 0.4) is 0 Å². The third kappa shape index (κ3) is 3.31. The molecule has 0 spiro atoms. The van der Waals surface area contributed by atoms with Gasteiger partial charge in [0.15, 0.2) is 10.8 Å². The molecule has 8 heteroatoms. The van der Waals surface area contributed by atoms with Gasteiger partial charge >= 0.3 is 0 Å². The molecule has 2 aromatic heterocycles. The van der Waals surface area contributed by atoms with Crippen molar-refractivity contribution in [3.8, 4) is 10.8 Å². The summed E-state index contributed by atoms with van der Waals surface area (Å²) in [6.45, 7) is 0.859. The molecule has 3 heterocycles. The van der Waals surface area contributed by atoms with Crippen molar-refractivity contribution in [2.24, 2.45) is 0 Å². The standard InChI is InChI=1S/C18H15N5O2S/c24-15-11-23(12-22(15)10-13-5-2-1-3-6-13)18(25)14-9-21-17(26-14)16-19-7-4-8-20-16/h1-9H,10-12H2. The minimum absolute atomic E-state index is 0.0571. The molecule has 1 fully saturated rings. The van der Waals surface area contributed by atoms with Crippen LogP contribution < -0.4 is 0 Å². The fraction of sp³-hybridized carbons (Fsp3) is 0.167. The van der Waals surface area contributed by atoms with Crippen LogP contribution in [0.2, 0.25) is 0 Å². The number of thiazole rings is 1. The van der Waals surface area contributed by atoms with E-state index in [0.29, 0.717) is 22.3 Å². The Bertz CT molecular complexity index is 929. The maximum atomic E-state index is 12.7. The molecule has 0 aliphatic carbocycles. The minimum atomic E-state index is -0.200. The Morgan fingerprint density at radius 1 is 1.08 bits per heavy atom. The van der Waals surface area contributed by atoms with Gasteiger partial charge in [0, 0.05) is 18.9 Å². The highest BCUT2D eigenvalue weighted by atomic mass is 32.1. The van der Waals surface area contributed by atoms with Crippen LogP contribution in [0.4, 0.5) is 0 Å². The smallest absolute Gasteiger partial charge is 0.267 e. The zero-order valence-corrected chi connectivity index (χ0v) is 14.6. The molecule has 0 atom stereocenters. The highest BCUT2D eigenvalue weighted by Gasteiger charge is 2.32. The summed E-state index contributed by atoms with van der Waals surface area (Å²) < 4.78 is 0. The lowest BCUT2D eigenvalue weighted by atomic mass is 10.2. The Balaban J connectivity index is 1.46. The van der Waals surface area contributed by atoms with Gasteiger partial charge in [-0.2, -0.15) is 0 Å². The molecule has 4 rings (SSSR count). The number of hydrogen-bond donors (Lipinski definition) is 0. The fourth-order valence-corrected chi connectivity index (χ4v) is 3.55. The predicted molar refractivity (Wildman–Crippen MR) is 96.0 cm³/mol. The van der Waals surface area contributed by atoms with Gasteiger partial charge in [0.1, 0.15) is 11.4 Å². The van der Waals surface area contributed by atoms with Crippen molar-refractivity contribution in [1.29, 1.82) is 0 Å². The van der Waals surface area contributed by atoms with Gasteiger partial charge in [0.2, 0.25) is 5.91 Å². The van der Waals surface area contributed by atoms with Crippen molar-refractivity contribution in [3.05, 3.63) is 65.4 Å². The molecular weight excluding hydrogens is 350 g/mol. The number of amides is 2.